The topological polar surface area (TPSA) is 476 Å². The molecule has 0 aromatic heterocycles. The van der Waals surface area contributed by atoms with Crippen LogP contribution in [0.25, 0.3) is 0 Å². The number of ketones is 5. The van der Waals surface area contributed by atoms with Gasteiger partial charge in [0.15, 0.2) is 63.5 Å². The number of carbonyl (C=O) groups excluding carboxylic acids is 7. The zero-order chi connectivity index (χ0) is 92.8. The molecule has 11 aliphatic carbocycles. The number of hydrogen-bond acceptors (Lipinski definition) is 33. The second kappa shape index (κ2) is 39.0. The van der Waals surface area contributed by atoms with Crippen molar-refractivity contribution >= 4 is 47.2 Å². The van der Waals surface area contributed by atoms with Gasteiger partial charge in [0.05, 0.1) is 90.6 Å². The predicted octanol–water partition coefficient (Wildman–Crippen LogP) is 8.77. The molecule has 14 fully saturated rings. The van der Waals surface area contributed by atoms with E-state index in [0.29, 0.717) is 61.9 Å². The van der Waals surface area contributed by atoms with Gasteiger partial charge in [-0.25, -0.2) is 14.4 Å². The highest BCUT2D eigenvalue weighted by molar-refractivity contribution is 5.93. The molecule has 6 heterocycles. The molecule has 124 heavy (non-hydrogen) atoms. The Morgan fingerprint density at radius 1 is 0.387 bits per heavy atom. The van der Waals surface area contributed by atoms with Crippen LogP contribution >= 0.6 is 0 Å². The number of fused-ring (bicyclic) bond motifs is 8. The van der Waals surface area contributed by atoms with E-state index in [9.17, 15) is 63.9 Å². The number of carboxylic acid groups (broad SMARTS) is 1. The lowest BCUT2D eigenvalue weighted by Crippen LogP contribution is -2.56. The van der Waals surface area contributed by atoms with Gasteiger partial charge in [-0.05, 0) is 224 Å². The molecule has 6 saturated heterocycles. The number of rotatable bonds is 4. The third kappa shape index (κ3) is 28.9. The number of methoxy groups -OCH3 is 1. The smallest absolute Gasteiger partial charge is 0.479 e. The van der Waals surface area contributed by atoms with Crippen LogP contribution in [0.15, 0.2) is 36.5 Å². The van der Waals surface area contributed by atoms with Crippen LogP contribution in [0.3, 0.4) is 0 Å². The van der Waals surface area contributed by atoms with Gasteiger partial charge in [0, 0.05) is 88.6 Å². The fourth-order valence-corrected chi connectivity index (χ4v) is 18.2. The molecule has 9 N–H and O–H groups in total. The maximum atomic E-state index is 11.4. The van der Waals surface area contributed by atoms with Crippen molar-refractivity contribution in [1.82, 2.24) is 0 Å². The summed E-state index contributed by atoms with van der Waals surface area (Å²) in [7, 11) is 1.42. The number of hydrogen-bond donors (Lipinski definition) is 9. The zero-order valence-electron chi connectivity index (χ0n) is 76.6. The Bertz CT molecular complexity index is 3650. The van der Waals surface area contributed by atoms with Crippen molar-refractivity contribution in [3.63, 3.8) is 0 Å². The Hall–Kier alpha value is -5.26. The van der Waals surface area contributed by atoms with Gasteiger partial charge in [-0.2, -0.15) is 0 Å². The first-order chi connectivity index (χ1) is 56.8. The molecule has 0 aromatic carbocycles. The second-order valence-electron chi connectivity index (χ2n) is 41.2. The van der Waals surface area contributed by atoms with Crippen LogP contribution in [0.4, 0.5) is 9.59 Å². The summed E-state index contributed by atoms with van der Waals surface area (Å²) in [6.07, 6.45) is 11.7. The normalized spacial score (nSPS) is 42.0. The van der Waals surface area contributed by atoms with Crippen LogP contribution in [0.2, 0.25) is 0 Å². The van der Waals surface area contributed by atoms with Crippen molar-refractivity contribution in [3.05, 3.63) is 36.5 Å². The average Bonchev–Trinajstić information content (AvgIpc) is 1.57. The largest absolute Gasteiger partial charge is 0.509 e. The van der Waals surface area contributed by atoms with Crippen LogP contribution < -0.4 is 0 Å². The first kappa shape index (κ1) is 102. The zero-order valence-corrected chi connectivity index (χ0v) is 76.6. The lowest BCUT2D eigenvalue weighted by atomic mass is 9.80. The van der Waals surface area contributed by atoms with E-state index in [4.69, 9.17) is 101 Å². The minimum atomic E-state index is -2.14. The maximum Gasteiger partial charge on any atom is 0.509 e. The van der Waals surface area contributed by atoms with Gasteiger partial charge in [-0.3, -0.25) is 24.0 Å². The van der Waals surface area contributed by atoms with Crippen molar-refractivity contribution in [2.24, 2.45) is 35.5 Å². The first-order valence-corrected chi connectivity index (χ1v) is 43.8. The molecule has 26 atom stereocenters. The predicted molar refractivity (Wildman–Crippen MR) is 438 cm³/mol. The van der Waals surface area contributed by atoms with Crippen LogP contribution in [-0.2, 0) is 109 Å². The Morgan fingerprint density at radius 2 is 0.742 bits per heavy atom. The van der Waals surface area contributed by atoms with Crippen molar-refractivity contribution < 1.29 is 165 Å². The molecule has 34 heteroatoms. The van der Waals surface area contributed by atoms with Gasteiger partial charge in [0.25, 0.3) is 0 Å². The van der Waals surface area contributed by atoms with E-state index in [0.717, 1.165) is 51.4 Å². The monoisotopic (exact) mass is 1770 g/mol. The van der Waals surface area contributed by atoms with Gasteiger partial charge in [-0.1, -0.05) is 27.7 Å². The molecule has 0 radical (unpaired) electrons. The maximum absolute atomic E-state index is 11.4. The van der Waals surface area contributed by atoms with Crippen LogP contribution in [-0.4, -0.2) is 279 Å². The molecule has 0 bridgehead atoms. The Morgan fingerprint density at radius 3 is 1.12 bits per heavy atom. The van der Waals surface area contributed by atoms with Gasteiger partial charge in [-0.15, -0.1) is 0 Å². The molecule has 6 aliphatic heterocycles. The van der Waals surface area contributed by atoms with Crippen molar-refractivity contribution in [1.29, 1.82) is 0 Å². The summed E-state index contributed by atoms with van der Waals surface area (Å²) in [5.74, 6) is -4.01. The number of Topliss-reactive ketones (excluding diaryl/α,β-unsaturated/α-hetero) is 2. The fourth-order valence-electron chi connectivity index (χ4n) is 18.2. The van der Waals surface area contributed by atoms with E-state index in [1.807, 2.05) is 96.9 Å². The number of aliphatic carboxylic acids is 1. The van der Waals surface area contributed by atoms with E-state index in [1.165, 1.54) is 19.3 Å². The molecule has 8 saturated carbocycles. The Balaban J connectivity index is 0.000000158. The summed E-state index contributed by atoms with van der Waals surface area (Å²) in [6, 6.07) is 0. The summed E-state index contributed by atoms with van der Waals surface area (Å²) in [5, 5.41) is 84.8. The van der Waals surface area contributed by atoms with Crippen molar-refractivity contribution in [3.8, 4) is 0 Å². The molecule has 0 amide bonds. The number of ether oxygens (including phenoxy) is 17. The summed E-state index contributed by atoms with van der Waals surface area (Å²) in [4.78, 5) is 89.4. The third-order valence-electron chi connectivity index (χ3n) is 24.5. The number of carbonyl (C=O) groups is 8. The second-order valence-corrected chi connectivity index (χ2v) is 41.2. The number of aliphatic hydroxyl groups is 8. The Kier molecular flexibility index (Phi) is 32.3. The van der Waals surface area contributed by atoms with Gasteiger partial charge in [0.1, 0.15) is 53.3 Å². The molecule has 0 aromatic rings. The summed E-state index contributed by atoms with van der Waals surface area (Å²) < 4.78 is 93.1. The van der Waals surface area contributed by atoms with Crippen LogP contribution in [0, 0.1) is 35.5 Å². The number of aliphatic hydroxyl groups excluding tert-OH is 4. The molecule has 17 rings (SSSR count). The lowest BCUT2D eigenvalue weighted by Gasteiger charge is -2.38. The molecule has 706 valence electrons. The standard InChI is InChI=1S/2C12H18O4.C10H18O5.4C10H16O3.C9H12O3.C7H12O6/c2*1-8-7-9(5-6-10(8)13)15-11(14)16-12(2,3)4;1-9(2)14-7-5-10(12,13-3)4-6(11)8(7)15-9;2*1-9(2)12-7-3-6-4-10(6,11)5-8(7)13-9;2*1-6-4-8-9(5-7(6)11)13-10(2,3)12-8;1-9(2)11-7-4-3-6(10)5-8(7)12-9;8-3-1-7(13,6(11)12)2-4(9)5(3)10/h2*5-6,8-9H,7H2,1-4H3;6-8,11-12H,4-5H2,1-3H3;2*6-8,11H,3-5H2,1-2H3;2*6,8-9H,4-5H2,1-3H3;3-4,7-8H,5H2,1-2H3;3-5,8-10,13H,1-2H2,(H,11,12)/t8-,9+;8-,9-;6-,7-,8?,10+;6-,7?,8+,10+;6-,7?,8-,10+;6-,8?,9+;6-,8?,9-;7?,8-;3-,4-,5?,7?/m011010111/s1. The summed E-state index contributed by atoms with van der Waals surface area (Å²) in [5.41, 5.74) is -4.05. The number of allylic oxidation sites excluding steroid dienone is 3. The van der Waals surface area contributed by atoms with E-state index < -0.39 is 124 Å². The van der Waals surface area contributed by atoms with Crippen LogP contribution in [0.5, 0.6) is 0 Å². The minimum Gasteiger partial charge on any atom is -0.479 e. The highest BCUT2D eigenvalue weighted by Gasteiger charge is 2.64. The van der Waals surface area contributed by atoms with Gasteiger partial charge < -0.3 is 126 Å². The van der Waals surface area contributed by atoms with E-state index in [1.54, 1.807) is 79.7 Å². The van der Waals surface area contributed by atoms with Gasteiger partial charge >= 0.3 is 18.3 Å². The molecule has 0 spiro atoms. The fraction of sp³-hybridized carbons (Fsp3) is 0.844. The average molecular weight is 1770 g/mol. The highest BCUT2D eigenvalue weighted by Crippen LogP contribution is 2.58. The summed E-state index contributed by atoms with van der Waals surface area (Å²) in [6.45, 7) is 40.9. The van der Waals surface area contributed by atoms with Crippen molar-refractivity contribution in [2.75, 3.05) is 7.11 Å². The van der Waals surface area contributed by atoms with Crippen LogP contribution in [0.1, 0.15) is 261 Å². The Labute approximate surface area is 727 Å². The highest BCUT2D eigenvalue weighted by atomic mass is 16.8. The molecular weight excluding hydrogens is 1620 g/mol. The van der Waals surface area contributed by atoms with E-state index in [-0.39, 0.29) is 133 Å². The molecule has 6 unspecified atom stereocenters. The minimum absolute atomic E-state index is 0.00120. The summed E-state index contributed by atoms with van der Waals surface area (Å²) >= 11 is 0. The SMILES string of the molecule is CC1(C)OC2C=CC(=O)C[C@H]2O1.CC1(C)OC2C[C@@H]3C[C@]3(O)C[C@H]2O1.CC1(C)OC2C[C@H]3C[C@@]3(O)C[C@H]2O1.CO[C@@]1(O)C[C@@H](O)C2OC(C)(C)O[C@@H]2C1.C[C@@H]1CC2OC(C)(C)O[C@@H]2CC1=O.C[C@@H]1C[C@H](OC(=O)OC(C)(C)C)C=CC1=O.C[C@H]1CC2OC(C)(C)O[C@@H]2CC1=O.C[C@H]1C[C@H](OC(=O)OC(C)(C)C)C=CC1=O.O=C(O)C1(O)C[C@@H](O)C(O)[C@H](O)C1. The lowest BCUT2D eigenvalue weighted by molar-refractivity contribution is -0.243. The number of carboxylic acids is 1. The quantitative estimate of drug-likeness (QED) is 0.0937. The molecular formula is C90H142O34. The molecule has 34 nitrogen and oxygen atoms in total. The van der Waals surface area contributed by atoms with Crippen molar-refractivity contribution in [2.45, 2.75) is 440 Å². The third-order valence-corrected chi connectivity index (χ3v) is 24.5. The van der Waals surface area contributed by atoms with Gasteiger partial charge in [0.2, 0.25) is 0 Å². The van der Waals surface area contributed by atoms with E-state index >= 15 is 0 Å². The molecule has 17 aliphatic rings. The van der Waals surface area contributed by atoms with E-state index in [2.05, 4.69) is 0 Å². The first-order valence-electron chi connectivity index (χ1n) is 43.8.